The van der Waals surface area contributed by atoms with Gasteiger partial charge in [0.1, 0.15) is 5.25 Å². The molecule has 0 heterocycles. The van der Waals surface area contributed by atoms with Gasteiger partial charge in [0.15, 0.2) is 9.84 Å². The van der Waals surface area contributed by atoms with Crippen molar-refractivity contribution in [2.45, 2.75) is 19.1 Å². The van der Waals surface area contributed by atoms with Crippen molar-refractivity contribution in [3.8, 4) is 0 Å². The van der Waals surface area contributed by atoms with Crippen molar-refractivity contribution in [1.29, 1.82) is 0 Å². The largest absolute Gasteiger partial charge is 0.399 e. The maximum Gasteiger partial charge on any atom is 0.245 e. The highest BCUT2D eigenvalue weighted by molar-refractivity contribution is 7.92. The minimum atomic E-state index is -3.39. The van der Waals surface area contributed by atoms with E-state index in [1.54, 1.807) is 31.2 Å². The van der Waals surface area contributed by atoms with Crippen LogP contribution in [0.2, 0.25) is 0 Å². The third-order valence-electron chi connectivity index (χ3n) is 2.78. The summed E-state index contributed by atoms with van der Waals surface area (Å²) in [7, 11) is -3.39. The molecule has 100 valence electrons. The molecule has 1 atom stereocenters. The van der Waals surface area contributed by atoms with Crippen LogP contribution in [0.5, 0.6) is 0 Å². The van der Waals surface area contributed by atoms with Crippen molar-refractivity contribution in [2.75, 3.05) is 23.4 Å². The second kappa shape index (κ2) is 5.39. The fraction of sp³-hybridized carbons (Fsp3) is 0.417. The predicted octanol–water partition coefficient (Wildman–Crippen LogP) is 1.05. The van der Waals surface area contributed by atoms with Gasteiger partial charge in [-0.25, -0.2) is 8.42 Å². The van der Waals surface area contributed by atoms with E-state index in [-0.39, 0.29) is 0 Å². The van der Waals surface area contributed by atoms with Crippen LogP contribution in [0.3, 0.4) is 0 Å². The summed E-state index contributed by atoms with van der Waals surface area (Å²) < 4.78 is 22.8. The number of carbonyl (C=O) groups is 1. The molecule has 2 N–H and O–H groups in total. The van der Waals surface area contributed by atoms with Crippen LogP contribution in [-0.4, -0.2) is 32.4 Å². The van der Waals surface area contributed by atoms with Crippen molar-refractivity contribution >= 4 is 27.1 Å². The van der Waals surface area contributed by atoms with E-state index in [0.29, 0.717) is 17.9 Å². The summed E-state index contributed by atoms with van der Waals surface area (Å²) in [5.41, 5.74) is 6.82. The number of nitrogens with zero attached hydrogens (tertiary/aromatic N) is 1. The molecule has 0 saturated heterocycles. The number of hydrogen-bond donors (Lipinski definition) is 1. The summed E-state index contributed by atoms with van der Waals surface area (Å²) in [6.07, 6.45) is 1.06. The summed E-state index contributed by atoms with van der Waals surface area (Å²) in [6.45, 7) is 3.60. The van der Waals surface area contributed by atoms with Gasteiger partial charge in [-0.05, 0) is 38.1 Å². The van der Waals surface area contributed by atoms with Crippen LogP contribution in [0.1, 0.15) is 13.8 Å². The number of amides is 1. The molecular weight excluding hydrogens is 252 g/mol. The lowest BCUT2D eigenvalue weighted by molar-refractivity contribution is -0.117. The fourth-order valence-electron chi connectivity index (χ4n) is 1.52. The maximum atomic E-state index is 12.1. The number of anilines is 2. The first kappa shape index (κ1) is 14.5. The summed E-state index contributed by atoms with van der Waals surface area (Å²) in [5.74, 6) is -0.426. The van der Waals surface area contributed by atoms with E-state index in [0.717, 1.165) is 6.26 Å². The molecule has 0 aliphatic heterocycles. The molecule has 1 aromatic carbocycles. The Balaban J connectivity index is 3.04. The van der Waals surface area contributed by atoms with Crippen LogP contribution >= 0.6 is 0 Å². The number of nitrogen functional groups attached to an aromatic ring is 1. The molecule has 0 aliphatic rings. The summed E-state index contributed by atoms with van der Waals surface area (Å²) in [6, 6.07) is 6.75. The Bertz CT molecular complexity index is 523. The van der Waals surface area contributed by atoms with Crippen molar-refractivity contribution in [3.63, 3.8) is 0 Å². The van der Waals surface area contributed by atoms with Gasteiger partial charge in [-0.15, -0.1) is 0 Å². The molecule has 6 heteroatoms. The number of benzene rings is 1. The molecule has 1 aromatic rings. The van der Waals surface area contributed by atoms with E-state index in [1.807, 2.05) is 0 Å². The average molecular weight is 270 g/mol. The smallest absolute Gasteiger partial charge is 0.245 e. The first-order valence-corrected chi connectivity index (χ1v) is 7.58. The van der Waals surface area contributed by atoms with E-state index >= 15 is 0 Å². The van der Waals surface area contributed by atoms with Crippen LogP contribution < -0.4 is 10.6 Å². The number of hydrogen-bond acceptors (Lipinski definition) is 4. The van der Waals surface area contributed by atoms with Gasteiger partial charge in [-0.2, -0.15) is 0 Å². The molecule has 5 nitrogen and oxygen atoms in total. The quantitative estimate of drug-likeness (QED) is 0.829. The van der Waals surface area contributed by atoms with Crippen LogP contribution in [0.25, 0.3) is 0 Å². The van der Waals surface area contributed by atoms with E-state index in [1.165, 1.54) is 11.8 Å². The maximum absolute atomic E-state index is 12.1. The number of carbonyl (C=O) groups excluding carboxylic acids is 1. The molecule has 0 saturated carbocycles. The molecule has 0 aromatic heterocycles. The lowest BCUT2D eigenvalue weighted by Crippen LogP contribution is -2.41. The Morgan fingerprint density at radius 1 is 1.33 bits per heavy atom. The summed E-state index contributed by atoms with van der Waals surface area (Å²) in [5, 5.41) is -1.05. The molecule has 0 radical (unpaired) electrons. The Kier molecular flexibility index (Phi) is 4.34. The van der Waals surface area contributed by atoms with Gasteiger partial charge in [0, 0.05) is 24.2 Å². The van der Waals surface area contributed by atoms with Crippen molar-refractivity contribution in [3.05, 3.63) is 24.3 Å². The standard InChI is InChI=1S/C12H18N2O3S/c1-4-14(11-7-5-10(13)6-8-11)12(15)9(2)18(3,16)17/h5-9H,4,13H2,1-3H3. The molecule has 0 fully saturated rings. The van der Waals surface area contributed by atoms with Crippen molar-refractivity contribution < 1.29 is 13.2 Å². The summed E-state index contributed by atoms with van der Waals surface area (Å²) >= 11 is 0. The lowest BCUT2D eigenvalue weighted by atomic mass is 10.2. The highest BCUT2D eigenvalue weighted by Crippen LogP contribution is 2.18. The van der Waals surface area contributed by atoms with E-state index in [9.17, 15) is 13.2 Å². The minimum Gasteiger partial charge on any atom is -0.399 e. The zero-order chi connectivity index (χ0) is 13.9. The Labute approximate surface area is 108 Å². The minimum absolute atomic E-state index is 0.405. The van der Waals surface area contributed by atoms with Gasteiger partial charge in [-0.1, -0.05) is 0 Å². The molecule has 1 rings (SSSR count). The van der Waals surface area contributed by atoms with Gasteiger partial charge < -0.3 is 10.6 Å². The number of sulfone groups is 1. The van der Waals surface area contributed by atoms with Gasteiger partial charge in [0.05, 0.1) is 0 Å². The first-order valence-electron chi connectivity index (χ1n) is 5.63. The highest BCUT2D eigenvalue weighted by Gasteiger charge is 2.28. The second-order valence-corrected chi connectivity index (χ2v) is 6.51. The van der Waals surface area contributed by atoms with Crippen molar-refractivity contribution in [1.82, 2.24) is 0 Å². The monoisotopic (exact) mass is 270 g/mol. The Morgan fingerprint density at radius 3 is 2.22 bits per heavy atom. The normalized spacial score (nSPS) is 13.1. The molecule has 0 bridgehead atoms. The average Bonchev–Trinajstić information content (AvgIpc) is 2.30. The van der Waals surface area contributed by atoms with Gasteiger partial charge in [-0.3, -0.25) is 4.79 Å². The SMILES string of the molecule is CCN(C(=O)C(C)S(C)(=O)=O)c1ccc(N)cc1. The second-order valence-electron chi connectivity index (χ2n) is 4.15. The van der Waals surface area contributed by atoms with E-state index in [2.05, 4.69) is 0 Å². The van der Waals surface area contributed by atoms with Gasteiger partial charge >= 0.3 is 0 Å². The van der Waals surface area contributed by atoms with Crippen molar-refractivity contribution in [2.24, 2.45) is 0 Å². The van der Waals surface area contributed by atoms with Crippen LogP contribution in [-0.2, 0) is 14.6 Å². The highest BCUT2D eigenvalue weighted by atomic mass is 32.2. The summed E-state index contributed by atoms with van der Waals surface area (Å²) in [4.78, 5) is 13.6. The third-order valence-corrected chi connectivity index (χ3v) is 4.26. The van der Waals surface area contributed by atoms with E-state index in [4.69, 9.17) is 5.73 Å². The first-order chi connectivity index (χ1) is 8.27. The topological polar surface area (TPSA) is 80.5 Å². The Hall–Kier alpha value is -1.56. The molecule has 1 unspecified atom stereocenters. The van der Waals surface area contributed by atoms with Crippen LogP contribution in [0.4, 0.5) is 11.4 Å². The lowest BCUT2D eigenvalue weighted by Gasteiger charge is -2.23. The van der Waals surface area contributed by atoms with Crippen LogP contribution in [0, 0.1) is 0 Å². The van der Waals surface area contributed by atoms with Gasteiger partial charge in [0.2, 0.25) is 5.91 Å². The Morgan fingerprint density at radius 2 is 1.83 bits per heavy atom. The molecular formula is C12H18N2O3S. The number of nitrogens with two attached hydrogens (primary N) is 1. The molecule has 1 amide bonds. The van der Waals surface area contributed by atoms with Gasteiger partial charge in [0.25, 0.3) is 0 Å². The predicted molar refractivity (Wildman–Crippen MR) is 73.2 cm³/mol. The molecule has 18 heavy (non-hydrogen) atoms. The van der Waals surface area contributed by atoms with Crippen LogP contribution in [0.15, 0.2) is 24.3 Å². The zero-order valence-electron chi connectivity index (χ0n) is 10.8. The number of rotatable bonds is 4. The molecule has 0 aliphatic carbocycles. The zero-order valence-corrected chi connectivity index (χ0v) is 11.6. The molecule has 0 spiro atoms. The van der Waals surface area contributed by atoms with E-state index < -0.39 is 21.0 Å². The fourth-order valence-corrected chi connectivity index (χ4v) is 2.02. The third kappa shape index (κ3) is 3.22.